The maximum Gasteiger partial charge on any atom is 0.243 e. The highest BCUT2D eigenvalue weighted by atomic mass is 32.2. The first-order valence-corrected chi connectivity index (χ1v) is 13.8. The lowest BCUT2D eigenvalue weighted by atomic mass is 10.2. The van der Waals surface area contributed by atoms with Gasteiger partial charge in [-0.15, -0.1) is 11.8 Å². The van der Waals surface area contributed by atoms with Gasteiger partial charge in [0.15, 0.2) is 5.13 Å². The van der Waals surface area contributed by atoms with Crippen molar-refractivity contribution in [3.63, 3.8) is 0 Å². The van der Waals surface area contributed by atoms with Crippen LogP contribution in [0, 0.1) is 0 Å². The molecule has 0 unspecified atom stereocenters. The number of hydrogen-bond donors (Lipinski definition) is 2. The molecule has 1 aliphatic heterocycles. The van der Waals surface area contributed by atoms with Gasteiger partial charge < -0.3 is 15.5 Å². The molecule has 0 spiro atoms. The number of benzene rings is 1. The van der Waals surface area contributed by atoms with Gasteiger partial charge in [-0.05, 0) is 45.0 Å². The van der Waals surface area contributed by atoms with Crippen molar-refractivity contribution < 1.29 is 8.42 Å². The number of fused-ring (bicyclic) bond motifs is 1. The molecule has 4 rings (SSSR count). The van der Waals surface area contributed by atoms with E-state index in [-0.39, 0.29) is 6.04 Å². The van der Waals surface area contributed by atoms with E-state index in [1.165, 1.54) is 15.6 Å². The number of thiazole rings is 1. The summed E-state index contributed by atoms with van der Waals surface area (Å²) in [5, 5.41) is 7.30. The van der Waals surface area contributed by atoms with E-state index in [9.17, 15) is 8.42 Å². The molecule has 9 nitrogen and oxygen atoms in total. The second-order valence-corrected chi connectivity index (χ2v) is 11.6. The van der Waals surface area contributed by atoms with Crippen molar-refractivity contribution in [3.8, 4) is 0 Å². The van der Waals surface area contributed by atoms with Crippen LogP contribution >= 0.6 is 23.1 Å². The smallest absolute Gasteiger partial charge is 0.243 e. The third-order valence-corrected chi connectivity index (χ3v) is 8.82. The fourth-order valence-electron chi connectivity index (χ4n) is 3.23. The van der Waals surface area contributed by atoms with Gasteiger partial charge in [-0.25, -0.2) is 23.4 Å². The summed E-state index contributed by atoms with van der Waals surface area (Å²) in [7, 11) is 0.481. The van der Waals surface area contributed by atoms with Crippen LogP contribution in [0.25, 0.3) is 10.2 Å². The van der Waals surface area contributed by atoms with Crippen LogP contribution in [-0.2, 0) is 10.0 Å². The highest BCUT2D eigenvalue weighted by molar-refractivity contribution is 7.98. The number of rotatable bonds is 10. The van der Waals surface area contributed by atoms with E-state index in [0.29, 0.717) is 23.9 Å². The lowest BCUT2D eigenvalue weighted by Gasteiger charge is -2.41. The van der Waals surface area contributed by atoms with Crippen LogP contribution in [0.2, 0.25) is 0 Å². The molecule has 1 aliphatic rings. The molecule has 1 saturated heterocycles. The monoisotopic (exact) mass is 493 g/mol. The molecule has 0 saturated carbocycles. The Kier molecular flexibility index (Phi) is 7.15. The average Bonchev–Trinajstić information content (AvgIpc) is 3.14. The number of nitrogens with zero attached hydrogens (tertiary/aromatic N) is 5. The van der Waals surface area contributed by atoms with Crippen LogP contribution in [0.4, 0.5) is 11.1 Å². The number of anilines is 2. The summed E-state index contributed by atoms with van der Waals surface area (Å²) in [5.74, 6) is 0.621. The van der Waals surface area contributed by atoms with Crippen molar-refractivity contribution in [3.05, 3.63) is 30.6 Å². The van der Waals surface area contributed by atoms with E-state index in [2.05, 4.69) is 30.5 Å². The van der Waals surface area contributed by atoms with Crippen molar-refractivity contribution in [1.82, 2.24) is 24.2 Å². The normalized spacial score (nSPS) is 15.2. The van der Waals surface area contributed by atoms with Gasteiger partial charge in [-0.2, -0.15) is 4.31 Å². The molecule has 3 aromatic rings. The molecular formula is C20H27N7O2S3. The average molecular weight is 494 g/mol. The predicted octanol–water partition coefficient (Wildman–Crippen LogP) is 2.66. The van der Waals surface area contributed by atoms with Crippen LogP contribution in [0.1, 0.15) is 6.42 Å². The van der Waals surface area contributed by atoms with Crippen molar-refractivity contribution in [2.24, 2.45) is 0 Å². The van der Waals surface area contributed by atoms with Gasteiger partial charge in [0.25, 0.3) is 0 Å². The molecule has 1 aromatic carbocycles. The molecule has 32 heavy (non-hydrogen) atoms. The van der Waals surface area contributed by atoms with Gasteiger partial charge in [0.2, 0.25) is 16.0 Å². The van der Waals surface area contributed by atoms with E-state index in [1.54, 1.807) is 42.4 Å². The minimum atomic E-state index is -3.46. The summed E-state index contributed by atoms with van der Waals surface area (Å²) < 4.78 is 28.2. The second-order valence-electron chi connectivity index (χ2n) is 7.74. The predicted molar refractivity (Wildman–Crippen MR) is 131 cm³/mol. The largest absolute Gasteiger partial charge is 0.361 e. The van der Waals surface area contributed by atoms with Gasteiger partial charge >= 0.3 is 0 Å². The third kappa shape index (κ3) is 5.15. The zero-order valence-corrected chi connectivity index (χ0v) is 20.7. The number of thioether (sulfide) groups is 1. The number of likely N-dealkylation sites (N-methyl/N-ethyl adjacent to an activating group) is 1. The van der Waals surface area contributed by atoms with Gasteiger partial charge in [0.05, 0.1) is 15.1 Å². The van der Waals surface area contributed by atoms with E-state index in [1.807, 2.05) is 20.4 Å². The van der Waals surface area contributed by atoms with E-state index in [0.717, 1.165) is 39.8 Å². The summed E-state index contributed by atoms with van der Waals surface area (Å²) in [6.07, 6.45) is 6.46. The first-order chi connectivity index (χ1) is 15.4. The summed E-state index contributed by atoms with van der Waals surface area (Å²) >= 11 is 3.08. The summed E-state index contributed by atoms with van der Waals surface area (Å²) in [6.45, 7) is 2.54. The van der Waals surface area contributed by atoms with Gasteiger partial charge in [-0.3, -0.25) is 0 Å². The number of sulfonamides is 1. The lowest BCUT2D eigenvalue weighted by molar-refractivity contribution is 0.134. The Morgan fingerprint density at radius 2 is 1.91 bits per heavy atom. The summed E-state index contributed by atoms with van der Waals surface area (Å²) in [5.41, 5.74) is 0.798. The molecule has 1 fully saturated rings. The second kappa shape index (κ2) is 9.87. The number of hydrogen-bond acceptors (Lipinski definition) is 10. The summed E-state index contributed by atoms with van der Waals surface area (Å²) in [6, 6.07) is 5.44. The standard InChI is InChI=1S/C20H27N7O2S3/c1-26(2)14-12-27(13-14)32(28,29)16-5-6-17-18(9-16)31-20(25-17)22-8-4-7-21-19-23-10-15(30-3)11-24-19/h5-6,9-11,14H,4,7-8,12-13H2,1-3H3,(H,22,25)(H,21,23,24). The van der Waals surface area contributed by atoms with Crippen molar-refractivity contribution in [2.45, 2.75) is 22.3 Å². The van der Waals surface area contributed by atoms with E-state index >= 15 is 0 Å². The van der Waals surface area contributed by atoms with Gasteiger partial charge in [-0.1, -0.05) is 11.3 Å². The molecular weight excluding hydrogens is 466 g/mol. The van der Waals surface area contributed by atoms with Gasteiger partial charge in [0, 0.05) is 49.5 Å². The number of aromatic nitrogens is 3. The molecule has 172 valence electrons. The third-order valence-electron chi connectivity index (χ3n) is 5.33. The fraction of sp³-hybridized carbons (Fsp3) is 0.450. The van der Waals surface area contributed by atoms with E-state index < -0.39 is 10.0 Å². The Labute approximate surface area is 196 Å². The first-order valence-electron chi connectivity index (χ1n) is 10.3. The number of nitrogens with one attached hydrogen (secondary N) is 2. The van der Waals surface area contributed by atoms with Crippen molar-refractivity contribution in [1.29, 1.82) is 0 Å². The molecule has 0 atom stereocenters. The minimum absolute atomic E-state index is 0.281. The first kappa shape index (κ1) is 23.2. The van der Waals surface area contributed by atoms with Crippen molar-refractivity contribution in [2.75, 3.05) is 57.2 Å². The van der Waals surface area contributed by atoms with Gasteiger partial charge in [0.1, 0.15) is 0 Å². The Bertz CT molecular complexity index is 1160. The molecule has 0 bridgehead atoms. The molecule has 2 N–H and O–H groups in total. The molecule has 2 aromatic heterocycles. The van der Waals surface area contributed by atoms with Crippen LogP contribution in [-0.4, -0.2) is 85.1 Å². The highest BCUT2D eigenvalue weighted by Crippen LogP contribution is 2.30. The Morgan fingerprint density at radius 3 is 2.59 bits per heavy atom. The highest BCUT2D eigenvalue weighted by Gasteiger charge is 2.37. The Balaban J connectivity index is 1.30. The molecule has 12 heteroatoms. The zero-order valence-electron chi connectivity index (χ0n) is 18.3. The summed E-state index contributed by atoms with van der Waals surface area (Å²) in [4.78, 5) is 16.5. The lowest BCUT2D eigenvalue weighted by Crippen LogP contribution is -2.58. The quantitative estimate of drug-likeness (QED) is 0.326. The van der Waals surface area contributed by atoms with Crippen LogP contribution in [0.3, 0.4) is 0 Å². The maximum absolute atomic E-state index is 12.9. The molecule has 3 heterocycles. The van der Waals surface area contributed by atoms with Crippen LogP contribution < -0.4 is 10.6 Å². The minimum Gasteiger partial charge on any atom is -0.361 e. The SMILES string of the molecule is CSc1cnc(NCCCNc2nc3ccc(S(=O)(=O)N4CC(N(C)C)C4)cc3s2)nc1. The topological polar surface area (TPSA) is 103 Å². The zero-order chi connectivity index (χ0) is 22.7. The van der Waals surface area contributed by atoms with Crippen molar-refractivity contribution >= 4 is 54.4 Å². The molecule has 0 aliphatic carbocycles. The van der Waals surface area contributed by atoms with Crippen LogP contribution in [0.5, 0.6) is 0 Å². The Hall–Kier alpha value is -1.99. The van der Waals surface area contributed by atoms with Crippen LogP contribution in [0.15, 0.2) is 40.4 Å². The Morgan fingerprint density at radius 1 is 1.19 bits per heavy atom. The van der Waals surface area contributed by atoms with E-state index in [4.69, 9.17) is 0 Å². The maximum atomic E-state index is 12.9. The fourth-order valence-corrected chi connectivity index (χ4v) is 6.09. The molecule has 0 radical (unpaired) electrons. The molecule has 0 amide bonds.